The van der Waals surface area contributed by atoms with Crippen LogP contribution in [0.5, 0.6) is 5.75 Å². The van der Waals surface area contributed by atoms with E-state index >= 15 is 0 Å². The zero-order chi connectivity index (χ0) is 20.6. The van der Waals surface area contributed by atoms with Gasteiger partial charge in [0, 0.05) is 12.1 Å². The Morgan fingerprint density at radius 3 is 2.28 bits per heavy atom. The molecule has 2 amide bonds. The summed E-state index contributed by atoms with van der Waals surface area (Å²) >= 11 is 6.05. The summed E-state index contributed by atoms with van der Waals surface area (Å²) in [5.74, 6) is -0.000822. The van der Waals surface area contributed by atoms with Crippen molar-refractivity contribution >= 4 is 29.1 Å². The first kappa shape index (κ1) is 20.4. The van der Waals surface area contributed by atoms with E-state index in [0.29, 0.717) is 28.6 Å². The number of hydrogen-bond donors (Lipinski definition) is 2. The molecule has 148 valence electrons. The Hall–Kier alpha value is -3.31. The molecule has 3 rings (SSSR count). The van der Waals surface area contributed by atoms with Crippen molar-refractivity contribution in [2.24, 2.45) is 0 Å². The van der Waals surface area contributed by atoms with Crippen molar-refractivity contribution in [2.75, 3.05) is 5.32 Å². The highest BCUT2D eigenvalue weighted by molar-refractivity contribution is 6.33. The van der Waals surface area contributed by atoms with Crippen LogP contribution in [0, 0.1) is 0 Å². The lowest BCUT2D eigenvalue weighted by Gasteiger charge is -2.15. The van der Waals surface area contributed by atoms with Gasteiger partial charge in [-0.05, 0) is 48.9 Å². The van der Waals surface area contributed by atoms with Gasteiger partial charge in [0.25, 0.3) is 11.8 Å². The number of rotatable bonds is 7. The molecule has 0 radical (unpaired) electrons. The lowest BCUT2D eigenvalue weighted by molar-refractivity contribution is -0.122. The maximum atomic E-state index is 12.3. The van der Waals surface area contributed by atoms with Crippen LogP contribution in [0.1, 0.15) is 22.8 Å². The standard InChI is InChI=1S/C23H21ClN2O3/c1-16(22(27)26-21-10-6-5-9-20(21)24)29-19-13-11-18(12-14-19)23(28)25-15-17-7-3-2-4-8-17/h2-14,16H,15H2,1H3,(H,25,28)(H,26,27)/t16-/m0/s1. The molecule has 0 aromatic heterocycles. The van der Waals surface area contributed by atoms with Crippen molar-refractivity contribution in [1.29, 1.82) is 0 Å². The summed E-state index contributed by atoms with van der Waals surface area (Å²) in [7, 11) is 0. The maximum Gasteiger partial charge on any atom is 0.265 e. The molecule has 0 aliphatic heterocycles. The normalized spacial score (nSPS) is 11.4. The lowest BCUT2D eigenvalue weighted by atomic mass is 10.2. The highest BCUT2D eigenvalue weighted by Gasteiger charge is 2.16. The van der Waals surface area contributed by atoms with E-state index in [-0.39, 0.29) is 11.8 Å². The number of ether oxygens (including phenoxy) is 1. The minimum atomic E-state index is -0.732. The summed E-state index contributed by atoms with van der Waals surface area (Å²) in [5.41, 5.74) is 2.07. The number of halogens is 1. The molecule has 0 unspecified atom stereocenters. The van der Waals surface area contributed by atoms with E-state index in [1.165, 1.54) is 0 Å². The Morgan fingerprint density at radius 2 is 1.59 bits per heavy atom. The fraction of sp³-hybridized carbons (Fsp3) is 0.130. The van der Waals surface area contributed by atoms with Crippen LogP contribution < -0.4 is 15.4 Å². The topological polar surface area (TPSA) is 67.4 Å². The van der Waals surface area contributed by atoms with Gasteiger partial charge in [-0.2, -0.15) is 0 Å². The number of nitrogens with one attached hydrogen (secondary N) is 2. The van der Waals surface area contributed by atoms with Crippen LogP contribution in [0.25, 0.3) is 0 Å². The van der Waals surface area contributed by atoms with Crippen LogP contribution >= 0.6 is 11.6 Å². The lowest BCUT2D eigenvalue weighted by Crippen LogP contribution is -2.30. The molecule has 0 heterocycles. The van der Waals surface area contributed by atoms with Crippen molar-refractivity contribution in [3.05, 3.63) is 95.0 Å². The number of hydrogen-bond acceptors (Lipinski definition) is 3. The molecule has 0 aliphatic carbocycles. The van der Waals surface area contributed by atoms with Crippen LogP contribution in [0.3, 0.4) is 0 Å². The molecular weight excluding hydrogens is 388 g/mol. The quantitative estimate of drug-likeness (QED) is 0.596. The van der Waals surface area contributed by atoms with Crippen molar-refractivity contribution in [3.8, 4) is 5.75 Å². The van der Waals surface area contributed by atoms with E-state index in [9.17, 15) is 9.59 Å². The van der Waals surface area contributed by atoms with E-state index in [2.05, 4.69) is 10.6 Å². The first-order valence-corrected chi connectivity index (χ1v) is 9.55. The summed E-state index contributed by atoms with van der Waals surface area (Å²) in [6.07, 6.45) is -0.732. The van der Waals surface area contributed by atoms with Gasteiger partial charge < -0.3 is 15.4 Å². The molecular formula is C23H21ClN2O3. The minimum Gasteiger partial charge on any atom is -0.481 e. The van der Waals surface area contributed by atoms with Crippen LogP contribution in [0.15, 0.2) is 78.9 Å². The van der Waals surface area contributed by atoms with Crippen LogP contribution in [0.2, 0.25) is 5.02 Å². The zero-order valence-electron chi connectivity index (χ0n) is 15.9. The van der Waals surface area contributed by atoms with Crippen molar-refractivity contribution in [1.82, 2.24) is 5.32 Å². The first-order valence-electron chi connectivity index (χ1n) is 9.17. The highest BCUT2D eigenvalue weighted by atomic mass is 35.5. The van der Waals surface area contributed by atoms with Crippen molar-refractivity contribution in [3.63, 3.8) is 0 Å². The van der Waals surface area contributed by atoms with Crippen LogP contribution in [0.4, 0.5) is 5.69 Å². The number of benzene rings is 3. The third-order valence-electron chi connectivity index (χ3n) is 4.23. The van der Waals surface area contributed by atoms with Gasteiger partial charge in [-0.15, -0.1) is 0 Å². The van der Waals surface area contributed by atoms with Crippen LogP contribution in [-0.2, 0) is 11.3 Å². The Kier molecular flexibility index (Phi) is 6.87. The van der Waals surface area contributed by atoms with Crippen molar-refractivity contribution in [2.45, 2.75) is 19.6 Å². The third kappa shape index (κ3) is 5.83. The van der Waals surface area contributed by atoms with Gasteiger partial charge in [0.2, 0.25) is 0 Å². The molecule has 29 heavy (non-hydrogen) atoms. The first-order chi connectivity index (χ1) is 14.0. The largest absolute Gasteiger partial charge is 0.481 e. The summed E-state index contributed by atoms with van der Waals surface area (Å²) in [6, 6.07) is 23.3. The van der Waals surface area contributed by atoms with E-state index in [0.717, 1.165) is 5.56 Å². The van der Waals surface area contributed by atoms with Gasteiger partial charge in [-0.3, -0.25) is 9.59 Å². The van der Waals surface area contributed by atoms with E-state index in [1.54, 1.807) is 55.5 Å². The van der Waals surface area contributed by atoms with Gasteiger partial charge in [0.15, 0.2) is 6.10 Å². The molecule has 5 nitrogen and oxygen atoms in total. The monoisotopic (exact) mass is 408 g/mol. The molecule has 0 saturated heterocycles. The zero-order valence-corrected chi connectivity index (χ0v) is 16.6. The fourth-order valence-electron chi connectivity index (χ4n) is 2.62. The Morgan fingerprint density at radius 1 is 0.931 bits per heavy atom. The number of anilines is 1. The second-order valence-corrected chi connectivity index (χ2v) is 6.83. The van der Waals surface area contributed by atoms with Crippen LogP contribution in [-0.4, -0.2) is 17.9 Å². The average Bonchev–Trinajstić information content (AvgIpc) is 2.75. The maximum absolute atomic E-state index is 12.3. The molecule has 3 aromatic carbocycles. The molecule has 0 aliphatic rings. The highest BCUT2D eigenvalue weighted by Crippen LogP contribution is 2.21. The molecule has 0 spiro atoms. The van der Waals surface area contributed by atoms with Gasteiger partial charge in [-0.1, -0.05) is 54.1 Å². The second-order valence-electron chi connectivity index (χ2n) is 6.42. The summed E-state index contributed by atoms with van der Waals surface area (Å²) < 4.78 is 5.67. The molecule has 0 fully saturated rings. The summed E-state index contributed by atoms with van der Waals surface area (Å²) in [4.78, 5) is 24.6. The SMILES string of the molecule is C[C@H](Oc1ccc(C(=O)NCc2ccccc2)cc1)C(=O)Nc1ccccc1Cl. The molecule has 0 bridgehead atoms. The number of amides is 2. The van der Waals surface area contributed by atoms with Gasteiger partial charge in [0.05, 0.1) is 10.7 Å². The van der Waals surface area contributed by atoms with Gasteiger partial charge >= 0.3 is 0 Å². The summed E-state index contributed by atoms with van der Waals surface area (Å²) in [6.45, 7) is 2.10. The van der Waals surface area contributed by atoms with Gasteiger partial charge in [-0.25, -0.2) is 0 Å². The Bertz CT molecular complexity index is 975. The van der Waals surface area contributed by atoms with E-state index in [1.807, 2.05) is 30.3 Å². The minimum absolute atomic E-state index is 0.176. The number of carbonyl (C=O) groups is 2. The number of carbonyl (C=O) groups excluding carboxylic acids is 2. The predicted molar refractivity (Wildman–Crippen MR) is 114 cm³/mol. The van der Waals surface area contributed by atoms with Crippen molar-refractivity contribution < 1.29 is 14.3 Å². The number of para-hydroxylation sites is 1. The smallest absolute Gasteiger partial charge is 0.265 e. The Balaban J connectivity index is 1.53. The fourth-order valence-corrected chi connectivity index (χ4v) is 2.80. The predicted octanol–water partition coefficient (Wildman–Crippen LogP) is 4.68. The molecule has 2 N–H and O–H groups in total. The molecule has 1 atom stereocenters. The average molecular weight is 409 g/mol. The van der Waals surface area contributed by atoms with E-state index in [4.69, 9.17) is 16.3 Å². The molecule has 3 aromatic rings. The Labute approximate surface area is 174 Å². The summed E-state index contributed by atoms with van der Waals surface area (Å²) in [5, 5.41) is 6.06. The molecule has 0 saturated carbocycles. The molecule has 6 heteroatoms. The van der Waals surface area contributed by atoms with Gasteiger partial charge in [0.1, 0.15) is 5.75 Å². The van der Waals surface area contributed by atoms with E-state index < -0.39 is 6.10 Å². The second kappa shape index (κ2) is 9.75. The third-order valence-corrected chi connectivity index (χ3v) is 4.56.